The third kappa shape index (κ3) is 10.3. The summed E-state index contributed by atoms with van der Waals surface area (Å²) in [5.41, 5.74) is 10.7. The number of methoxy groups -OCH3 is 1. The van der Waals surface area contributed by atoms with Crippen LogP contribution in [0.3, 0.4) is 0 Å². The highest BCUT2D eigenvalue weighted by atomic mass is 16.5. The first-order valence-corrected chi connectivity index (χ1v) is 23.6. The van der Waals surface area contributed by atoms with Gasteiger partial charge in [0.1, 0.15) is 12.5 Å². The second-order valence-electron chi connectivity index (χ2n) is 19.1. The fraction of sp³-hybridized carbons (Fsp3) is 0.519. The van der Waals surface area contributed by atoms with Crippen LogP contribution in [0.2, 0.25) is 0 Å². The van der Waals surface area contributed by atoms with Crippen molar-refractivity contribution in [3.8, 4) is 0 Å². The lowest BCUT2D eigenvalue weighted by atomic mass is 9.85. The zero-order valence-electron chi connectivity index (χ0n) is 40.0. The minimum absolute atomic E-state index is 0.138. The average Bonchev–Trinajstić information content (AvgIpc) is 4.01. The number of ketones is 1. The van der Waals surface area contributed by atoms with Crippen LogP contribution in [-0.4, -0.2) is 53.7 Å². The molecule has 342 valence electrons. The number of aliphatic hydroxyl groups is 1. The quantitative estimate of drug-likeness (QED) is 0.0570. The van der Waals surface area contributed by atoms with Crippen molar-refractivity contribution in [1.82, 2.24) is 5.32 Å². The van der Waals surface area contributed by atoms with E-state index in [1.807, 2.05) is 45.9 Å². The van der Waals surface area contributed by atoms with Crippen molar-refractivity contribution in [3.05, 3.63) is 116 Å². The van der Waals surface area contributed by atoms with Crippen LogP contribution in [0.25, 0.3) is 0 Å². The molecular weight excluding hydrogens is 801 g/mol. The number of aliphatic imine (C=N–C) groups is 3. The molecule has 3 unspecified atom stereocenters. The van der Waals surface area contributed by atoms with Gasteiger partial charge in [-0.3, -0.25) is 14.4 Å². The number of fused-ring (bicyclic) bond motifs is 5. The fourth-order valence-electron chi connectivity index (χ4n) is 9.90. The summed E-state index contributed by atoms with van der Waals surface area (Å²) >= 11 is 0. The highest BCUT2D eigenvalue weighted by Gasteiger charge is 2.52. The maximum absolute atomic E-state index is 14.4. The summed E-state index contributed by atoms with van der Waals surface area (Å²) in [5, 5.41) is 14.1. The van der Waals surface area contributed by atoms with E-state index in [2.05, 4.69) is 52.6 Å². The number of hydrogen-bond donors (Lipinski definition) is 2. The van der Waals surface area contributed by atoms with Crippen LogP contribution in [-0.2, 0) is 23.9 Å². The van der Waals surface area contributed by atoms with Gasteiger partial charge in [-0.25, -0.2) is 15.0 Å². The lowest BCUT2D eigenvalue weighted by molar-refractivity contribution is -0.146. The van der Waals surface area contributed by atoms with Crippen LogP contribution in [0.1, 0.15) is 133 Å². The molecule has 1 saturated carbocycles. The molecule has 10 heteroatoms. The minimum Gasteiger partial charge on any atom is -0.515 e. The first kappa shape index (κ1) is 48.1. The second-order valence-corrected chi connectivity index (χ2v) is 19.1. The highest BCUT2D eigenvalue weighted by Crippen LogP contribution is 2.47. The van der Waals surface area contributed by atoms with E-state index in [1.54, 1.807) is 6.08 Å². The van der Waals surface area contributed by atoms with Crippen molar-refractivity contribution in [2.75, 3.05) is 13.7 Å². The van der Waals surface area contributed by atoms with Gasteiger partial charge in [0.25, 0.3) is 0 Å². The Bertz CT molecular complexity index is 2330. The zero-order valence-corrected chi connectivity index (χ0v) is 40.0. The Kier molecular flexibility index (Phi) is 15.8. The molecule has 5 atom stereocenters. The molecule has 0 amide bonds. The number of aliphatic hydroxyl groups excluding tert-OH is 1. The molecule has 6 aliphatic rings. The predicted molar refractivity (Wildman–Crippen MR) is 258 cm³/mol. The molecule has 0 aromatic heterocycles. The Labute approximate surface area is 381 Å². The molecule has 6 rings (SSSR count). The van der Waals surface area contributed by atoms with Gasteiger partial charge >= 0.3 is 11.9 Å². The van der Waals surface area contributed by atoms with Gasteiger partial charge in [0.2, 0.25) is 0 Å². The van der Waals surface area contributed by atoms with Crippen LogP contribution in [0, 0.1) is 35.5 Å². The molecule has 64 heavy (non-hydrogen) atoms. The van der Waals surface area contributed by atoms with E-state index in [4.69, 9.17) is 24.5 Å². The molecule has 10 nitrogen and oxygen atoms in total. The van der Waals surface area contributed by atoms with Gasteiger partial charge in [0.05, 0.1) is 47.6 Å². The van der Waals surface area contributed by atoms with Gasteiger partial charge in [-0.05, 0) is 105 Å². The molecular formula is C54H70N4O6. The number of carbonyl (C=O) groups is 3. The number of allylic oxidation sites excluding steroid dienone is 12. The Morgan fingerprint density at radius 3 is 2.30 bits per heavy atom. The summed E-state index contributed by atoms with van der Waals surface area (Å²) in [6.07, 6.45) is 21.7. The molecule has 1 saturated heterocycles. The third-order valence-corrected chi connectivity index (χ3v) is 13.9. The van der Waals surface area contributed by atoms with Crippen LogP contribution in [0.15, 0.2) is 131 Å². The molecule has 2 N–H and O–H groups in total. The molecule has 1 aliphatic carbocycles. The number of Topliss-reactive ketones (excluding diaryl/α,β-unsaturated/α-hetero) is 1. The van der Waals surface area contributed by atoms with Gasteiger partial charge in [0.15, 0.2) is 5.78 Å². The predicted octanol–water partition coefficient (Wildman–Crippen LogP) is 11.7. The van der Waals surface area contributed by atoms with E-state index < -0.39 is 11.9 Å². The van der Waals surface area contributed by atoms with Crippen molar-refractivity contribution in [1.29, 1.82) is 0 Å². The molecule has 0 spiro atoms. The minimum atomic E-state index is -1.23. The number of nitrogens with one attached hydrogen (secondary N) is 1. The number of carbonyl (C=O) groups excluding carboxylic acids is 3. The molecule has 5 heterocycles. The molecule has 5 aliphatic heterocycles. The molecule has 0 radical (unpaired) electrons. The van der Waals surface area contributed by atoms with E-state index >= 15 is 0 Å². The largest absolute Gasteiger partial charge is 0.515 e. The van der Waals surface area contributed by atoms with E-state index in [-0.39, 0.29) is 36.6 Å². The van der Waals surface area contributed by atoms with Crippen LogP contribution in [0.4, 0.5) is 0 Å². The van der Waals surface area contributed by atoms with Gasteiger partial charge in [-0.2, -0.15) is 0 Å². The lowest BCUT2D eigenvalue weighted by Crippen LogP contribution is -2.26. The Morgan fingerprint density at radius 1 is 0.938 bits per heavy atom. The van der Waals surface area contributed by atoms with Gasteiger partial charge in [0, 0.05) is 51.9 Å². The molecule has 0 aromatic rings. The van der Waals surface area contributed by atoms with Crippen LogP contribution in [0.5, 0.6) is 0 Å². The van der Waals surface area contributed by atoms with Gasteiger partial charge in [-0.15, -0.1) is 0 Å². The van der Waals surface area contributed by atoms with Crippen molar-refractivity contribution in [2.24, 2.45) is 50.5 Å². The zero-order chi connectivity index (χ0) is 46.4. The topological polar surface area (TPSA) is 139 Å². The van der Waals surface area contributed by atoms with Crippen LogP contribution < -0.4 is 5.32 Å². The number of nitrogens with zero attached hydrogens (tertiary/aromatic N) is 3. The molecule has 2 fully saturated rings. The van der Waals surface area contributed by atoms with Crippen molar-refractivity contribution in [2.45, 2.75) is 133 Å². The number of rotatable bonds is 19. The summed E-state index contributed by atoms with van der Waals surface area (Å²) < 4.78 is 11.1. The van der Waals surface area contributed by atoms with Crippen molar-refractivity contribution < 1.29 is 29.0 Å². The van der Waals surface area contributed by atoms with Crippen molar-refractivity contribution in [3.63, 3.8) is 0 Å². The molecule has 8 bridgehead atoms. The van der Waals surface area contributed by atoms with Gasteiger partial charge < -0.3 is 19.9 Å². The number of esters is 2. The summed E-state index contributed by atoms with van der Waals surface area (Å²) in [6.45, 7) is 23.6. The summed E-state index contributed by atoms with van der Waals surface area (Å²) in [4.78, 5) is 56.5. The maximum atomic E-state index is 14.4. The Hall–Kier alpha value is -5.38. The Morgan fingerprint density at radius 2 is 1.64 bits per heavy atom. The normalized spacial score (nSPS) is 23.4. The number of ether oxygens (including phenoxy) is 2. The van der Waals surface area contributed by atoms with E-state index in [0.717, 1.165) is 58.9 Å². The first-order valence-electron chi connectivity index (χ1n) is 23.6. The van der Waals surface area contributed by atoms with Gasteiger partial charge in [-0.1, -0.05) is 98.8 Å². The number of hydrogen-bond acceptors (Lipinski definition) is 10. The molecule has 0 aromatic carbocycles. The summed E-state index contributed by atoms with van der Waals surface area (Å²) in [5.74, 6) is -0.815. The van der Waals surface area contributed by atoms with E-state index in [1.165, 1.54) is 45.6 Å². The Balaban J connectivity index is 1.24. The standard InChI is InChI=1S/C54H70N4O6/c1-12-37-34(8)41-25-42-35(9)39(23-24-47(60)64-29-33(7)22-16-21-32(6)20-15-19-31(5)18-14-17-30(3)4)51(57-42)49-50(54(62)63-11)53(61)48-36(10)43(58-52(48)49)26-45-38(13-2)40(28-59)46(56-45)27-44(37)55-41/h12,22,25-28,30-32,35,39,50,57,59H,1,13-21,23-24,29H2,2-11H3/b33-22+,40-28-,42-25?,43-26?,44-27?,51-49?/t31?,32?,35-,39-,50?/m0/s1. The van der Waals surface area contributed by atoms with E-state index in [0.29, 0.717) is 81.0 Å². The third-order valence-electron chi connectivity index (χ3n) is 13.9. The second kappa shape index (κ2) is 21.1. The highest BCUT2D eigenvalue weighted by molar-refractivity contribution is 6.42. The SMILES string of the molecule is C=CC1=C(C)C2=NC1=CC1=NC(=C(CC)/C1=C/O)C=C1N=C3C(=C1C)C(=O)C(C(=O)OC)C3=C1NC(=C2)[C@@H](C)[C@@H]1CCC(=O)OC/C(C)=C/CCC(C)CCCC(C)CCCC(C)C. The first-order chi connectivity index (χ1) is 30.6. The van der Waals surface area contributed by atoms with E-state index in [9.17, 15) is 19.5 Å². The van der Waals surface area contributed by atoms with Crippen LogP contribution >= 0.6 is 0 Å². The maximum Gasteiger partial charge on any atom is 0.321 e. The average molecular weight is 871 g/mol. The summed E-state index contributed by atoms with van der Waals surface area (Å²) in [7, 11) is 1.29. The summed E-state index contributed by atoms with van der Waals surface area (Å²) in [6, 6.07) is 0. The lowest BCUT2D eigenvalue weighted by Gasteiger charge is -2.19. The monoisotopic (exact) mass is 871 g/mol. The van der Waals surface area contributed by atoms with Crippen molar-refractivity contribution >= 4 is 34.9 Å². The smallest absolute Gasteiger partial charge is 0.321 e. The fourth-order valence-corrected chi connectivity index (χ4v) is 9.90.